The van der Waals surface area contributed by atoms with Gasteiger partial charge >= 0.3 is 18.1 Å². The number of alkyl halides is 3. The molecule has 0 aromatic carbocycles. The van der Waals surface area contributed by atoms with E-state index in [0.717, 1.165) is 12.5 Å². The summed E-state index contributed by atoms with van der Waals surface area (Å²) in [6.45, 7) is 3.24. The molecule has 0 radical (unpaired) electrons. The van der Waals surface area contributed by atoms with Crippen LogP contribution in [0.15, 0.2) is 30.5 Å². The molecule has 1 fully saturated rings. The number of hydrogen-bond donors (Lipinski definition) is 1. The van der Waals surface area contributed by atoms with Crippen LogP contribution in [0.2, 0.25) is 0 Å². The van der Waals surface area contributed by atoms with E-state index in [1.165, 1.54) is 6.07 Å². The Hall–Kier alpha value is -2.38. The Morgan fingerprint density at radius 3 is 2.39 bits per heavy atom. The van der Waals surface area contributed by atoms with Gasteiger partial charge in [0.25, 0.3) is 0 Å². The second-order valence-corrected chi connectivity index (χ2v) is 5.34. The van der Waals surface area contributed by atoms with Crippen molar-refractivity contribution in [2.75, 3.05) is 0 Å². The van der Waals surface area contributed by atoms with Gasteiger partial charge < -0.3 is 9.84 Å². The number of esters is 1. The fourth-order valence-corrected chi connectivity index (χ4v) is 2.24. The summed E-state index contributed by atoms with van der Waals surface area (Å²) in [7, 11) is 0. The first kappa shape index (κ1) is 17.0. The molecule has 1 aromatic rings. The maximum absolute atomic E-state index is 12.6. The van der Waals surface area contributed by atoms with Crippen molar-refractivity contribution in [3.05, 3.63) is 41.7 Å². The first-order valence-electron chi connectivity index (χ1n) is 6.81. The summed E-state index contributed by atoms with van der Waals surface area (Å²) in [5.74, 6) is -2.10. The van der Waals surface area contributed by atoms with Gasteiger partial charge in [-0.25, -0.2) is 4.79 Å². The van der Waals surface area contributed by atoms with Gasteiger partial charge in [-0.1, -0.05) is 6.58 Å². The molecule has 23 heavy (non-hydrogen) atoms. The molecule has 0 unspecified atom stereocenters. The predicted molar refractivity (Wildman–Crippen MR) is 72.3 cm³/mol. The summed E-state index contributed by atoms with van der Waals surface area (Å²) in [6, 6.07) is 2.06. The molecule has 0 saturated heterocycles. The summed E-state index contributed by atoms with van der Waals surface area (Å²) >= 11 is 0. The summed E-state index contributed by atoms with van der Waals surface area (Å²) in [4.78, 5) is 26.2. The van der Waals surface area contributed by atoms with Gasteiger partial charge in [-0.15, -0.1) is 0 Å². The van der Waals surface area contributed by atoms with Crippen LogP contribution in [-0.4, -0.2) is 22.0 Å². The molecule has 8 heteroatoms. The number of aliphatic carboxylic acids is 1. The fraction of sp³-hybridized carbons (Fsp3) is 0.400. The highest BCUT2D eigenvalue weighted by Gasteiger charge is 2.44. The number of nitrogens with zero attached hydrogens (tertiary/aromatic N) is 1. The Labute approximate surface area is 129 Å². The van der Waals surface area contributed by atoms with E-state index in [-0.39, 0.29) is 11.3 Å². The van der Waals surface area contributed by atoms with Gasteiger partial charge in [-0.05, 0) is 31.4 Å². The van der Waals surface area contributed by atoms with Crippen molar-refractivity contribution in [2.24, 2.45) is 0 Å². The number of pyridine rings is 1. The van der Waals surface area contributed by atoms with Crippen LogP contribution in [0, 0.1) is 0 Å². The number of carboxylic acids is 1. The molecule has 1 heterocycles. The summed E-state index contributed by atoms with van der Waals surface area (Å²) in [5.41, 5.74) is -2.06. The van der Waals surface area contributed by atoms with Crippen LogP contribution in [0.3, 0.4) is 0 Å². The van der Waals surface area contributed by atoms with Crippen LogP contribution < -0.4 is 0 Å². The lowest BCUT2D eigenvalue weighted by Gasteiger charge is -2.40. The molecule has 5 nitrogen and oxygen atoms in total. The molecule has 124 valence electrons. The normalized spacial score (nSPS) is 16.3. The van der Waals surface area contributed by atoms with E-state index in [9.17, 15) is 22.8 Å². The number of rotatable bonds is 5. The van der Waals surface area contributed by atoms with Crippen LogP contribution in [0.5, 0.6) is 0 Å². The molecule has 1 aromatic heterocycles. The summed E-state index contributed by atoms with van der Waals surface area (Å²) in [5, 5.41) is 8.70. The third-order valence-electron chi connectivity index (χ3n) is 3.69. The van der Waals surface area contributed by atoms with Crippen molar-refractivity contribution in [1.29, 1.82) is 0 Å². The number of carbonyl (C=O) groups is 2. The van der Waals surface area contributed by atoms with Gasteiger partial charge in [0.15, 0.2) is 5.60 Å². The number of carboxylic acid groups (broad SMARTS) is 1. The van der Waals surface area contributed by atoms with Crippen molar-refractivity contribution in [1.82, 2.24) is 4.98 Å². The van der Waals surface area contributed by atoms with Crippen molar-refractivity contribution in [3.63, 3.8) is 0 Å². The quantitative estimate of drug-likeness (QED) is 0.664. The van der Waals surface area contributed by atoms with E-state index >= 15 is 0 Å². The lowest BCUT2D eigenvalue weighted by molar-refractivity contribution is -0.172. The Kier molecular flexibility index (Phi) is 4.44. The van der Waals surface area contributed by atoms with Crippen molar-refractivity contribution >= 4 is 11.9 Å². The van der Waals surface area contributed by atoms with Crippen LogP contribution in [0.4, 0.5) is 13.2 Å². The lowest BCUT2D eigenvalue weighted by atomic mass is 9.77. The maximum atomic E-state index is 12.6. The van der Waals surface area contributed by atoms with Gasteiger partial charge in [-0.3, -0.25) is 9.78 Å². The molecule has 0 aliphatic heterocycles. The number of halogens is 3. The predicted octanol–water partition coefficient (Wildman–Crippen LogP) is 3.05. The molecule has 1 saturated carbocycles. The van der Waals surface area contributed by atoms with E-state index < -0.39 is 35.7 Å². The summed E-state index contributed by atoms with van der Waals surface area (Å²) < 4.78 is 43.0. The monoisotopic (exact) mass is 329 g/mol. The zero-order valence-electron chi connectivity index (χ0n) is 12.0. The highest BCUT2D eigenvalue weighted by molar-refractivity contribution is 5.91. The molecule has 0 atom stereocenters. The molecule has 1 aliphatic carbocycles. The zero-order chi connectivity index (χ0) is 17.3. The van der Waals surface area contributed by atoms with Crippen molar-refractivity contribution in [2.45, 2.75) is 37.5 Å². The minimum atomic E-state index is -4.49. The molecular formula is C15H14F3NO4. The Balaban J connectivity index is 2.13. The topological polar surface area (TPSA) is 76.5 Å². The number of ether oxygens (including phenoxy) is 1. The molecular weight excluding hydrogens is 315 g/mol. The standard InChI is InChI=1S/C15H14F3NO4/c1-9(13(21)22)7-12(20)23-14(5-2-6-14)11-4-3-10(8-19-11)15(16,17)18/h3-4,8H,1-2,5-7H2,(H,21,22). The van der Waals surface area contributed by atoms with Crippen LogP contribution in [0.1, 0.15) is 36.9 Å². The molecule has 1 aliphatic rings. The van der Waals surface area contributed by atoms with E-state index in [2.05, 4.69) is 11.6 Å². The van der Waals surface area contributed by atoms with E-state index in [1.807, 2.05) is 0 Å². The van der Waals surface area contributed by atoms with E-state index in [0.29, 0.717) is 19.0 Å². The van der Waals surface area contributed by atoms with Gasteiger partial charge in [0, 0.05) is 11.8 Å². The van der Waals surface area contributed by atoms with Crippen LogP contribution >= 0.6 is 0 Å². The smallest absolute Gasteiger partial charge is 0.417 e. The molecule has 0 bridgehead atoms. The zero-order valence-corrected chi connectivity index (χ0v) is 12.0. The third kappa shape index (κ3) is 3.69. The maximum Gasteiger partial charge on any atom is 0.417 e. The average molecular weight is 329 g/mol. The highest BCUT2D eigenvalue weighted by Crippen LogP contribution is 2.44. The lowest BCUT2D eigenvalue weighted by Crippen LogP contribution is -2.40. The van der Waals surface area contributed by atoms with Gasteiger partial charge in [0.1, 0.15) is 0 Å². The van der Waals surface area contributed by atoms with Gasteiger partial charge in [0.05, 0.1) is 17.7 Å². The third-order valence-corrected chi connectivity index (χ3v) is 3.69. The molecule has 2 rings (SSSR count). The number of carbonyl (C=O) groups excluding carboxylic acids is 1. The van der Waals surface area contributed by atoms with E-state index in [4.69, 9.17) is 9.84 Å². The Morgan fingerprint density at radius 2 is 2.00 bits per heavy atom. The largest absolute Gasteiger partial charge is 0.478 e. The minimum absolute atomic E-state index is 0.228. The molecule has 1 N–H and O–H groups in total. The van der Waals surface area contributed by atoms with Crippen molar-refractivity contribution in [3.8, 4) is 0 Å². The van der Waals surface area contributed by atoms with Gasteiger partial charge in [0.2, 0.25) is 0 Å². The first-order chi connectivity index (χ1) is 10.6. The summed E-state index contributed by atoms with van der Waals surface area (Å²) in [6.07, 6.45) is -2.70. The van der Waals surface area contributed by atoms with Crippen molar-refractivity contribution < 1.29 is 32.6 Å². The molecule has 0 amide bonds. The first-order valence-corrected chi connectivity index (χ1v) is 6.81. The Bertz CT molecular complexity index is 633. The van der Waals surface area contributed by atoms with E-state index in [1.54, 1.807) is 0 Å². The number of aromatic nitrogens is 1. The fourth-order valence-electron chi connectivity index (χ4n) is 2.24. The number of hydrogen-bond acceptors (Lipinski definition) is 4. The SMILES string of the molecule is C=C(CC(=O)OC1(c2ccc(C(F)(F)F)cn2)CCC1)C(=O)O. The van der Waals surface area contributed by atoms with Crippen LogP contribution in [-0.2, 0) is 26.1 Å². The minimum Gasteiger partial charge on any atom is -0.478 e. The van der Waals surface area contributed by atoms with Gasteiger partial charge in [-0.2, -0.15) is 13.2 Å². The van der Waals surface area contributed by atoms with Crippen LogP contribution in [0.25, 0.3) is 0 Å². The Morgan fingerprint density at radius 1 is 1.35 bits per heavy atom. The average Bonchev–Trinajstić information content (AvgIpc) is 2.42. The second-order valence-electron chi connectivity index (χ2n) is 5.34. The highest BCUT2D eigenvalue weighted by atomic mass is 19.4. The second kappa shape index (κ2) is 6.02. The molecule has 0 spiro atoms.